The molecule has 0 saturated carbocycles. The highest BCUT2D eigenvalue weighted by Gasteiger charge is 2.08. The molecule has 0 radical (unpaired) electrons. The Labute approximate surface area is 105 Å². The van der Waals surface area contributed by atoms with Crippen LogP contribution in [0.25, 0.3) is 16.8 Å². The van der Waals surface area contributed by atoms with Crippen molar-refractivity contribution in [1.29, 1.82) is 0 Å². The first kappa shape index (κ1) is 13.5. The van der Waals surface area contributed by atoms with Crippen LogP contribution in [0.2, 0.25) is 0 Å². The third-order valence-corrected chi connectivity index (χ3v) is 3.31. The predicted molar refractivity (Wildman–Crippen MR) is 79.6 cm³/mol. The van der Waals surface area contributed by atoms with E-state index in [9.17, 15) is 0 Å². The van der Waals surface area contributed by atoms with Gasteiger partial charge in [-0.2, -0.15) is 0 Å². The highest BCUT2D eigenvalue weighted by Crippen LogP contribution is 2.29. The van der Waals surface area contributed by atoms with Crippen LogP contribution in [-0.2, 0) is 0 Å². The first-order valence-electron chi connectivity index (χ1n) is 6.27. The SMILES string of the molecule is C=Cc1c(C)c(C)c2ccccc2c1C.CC. The second-order valence-corrected chi connectivity index (χ2v) is 4.04. The Morgan fingerprint density at radius 3 is 1.76 bits per heavy atom. The first-order valence-corrected chi connectivity index (χ1v) is 6.27. The molecule has 0 heteroatoms. The lowest BCUT2D eigenvalue weighted by Crippen LogP contribution is -1.93. The summed E-state index contributed by atoms with van der Waals surface area (Å²) in [5.74, 6) is 0. The van der Waals surface area contributed by atoms with Crippen LogP contribution < -0.4 is 0 Å². The van der Waals surface area contributed by atoms with Gasteiger partial charge in [-0.25, -0.2) is 0 Å². The van der Waals surface area contributed by atoms with E-state index in [2.05, 4.69) is 51.6 Å². The Kier molecular flexibility index (Phi) is 4.51. The van der Waals surface area contributed by atoms with Gasteiger partial charge in [-0.15, -0.1) is 0 Å². The van der Waals surface area contributed by atoms with E-state index >= 15 is 0 Å². The predicted octanol–water partition coefficient (Wildman–Crippen LogP) is 5.43. The van der Waals surface area contributed by atoms with Crippen molar-refractivity contribution in [1.82, 2.24) is 0 Å². The van der Waals surface area contributed by atoms with Gasteiger partial charge in [0.2, 0.25) is 0 Å². The van der Waals surface area contributed by atoms with Gasteiger partial charge in [-0.1, -0.05) is 50.8 Å². The number of hydrogen-bond acceptors (Lipinski definition) is 0. The van der Waals surface area contributed by atoms with Gasteiger partial charge in [0.15, 0.2) is 0 Å². The van der Waals surface area contributed by atoms with Crippen LogP contribution in [0.5, 0.6) is 0 Å². The number of hydrogen-bond donors (Lipinski definition) is 0. The van der Waals surface area contributed by atoms with Crippen LogP contribution in [0.3, 0.4) is 0 Å². The summed E-state index contributed by atoms with van der Waals surface area (Å²) in [4.78, 5) is 0. The van der Waals surface area contributed by atoms with Crippen LogP contribution in [0.4, 0.5) is 0 Å². The molecule has 0 nitrogen and oxygen atoms in total. The molecular weight excluding hydrogens is 204 g/mol. The summed E-state index contributed by atoms with van der Waals surface area (Å²) in [5.41, 5.74) is 5.34. The topological polar surface area (TPSA) is 0 Å². The number of rotatable bonds is 1. The highest BCUT2D eigenvalue weighted by atomic mass is 14.1. The number of aryl methyl sites for hydroxylation is 2. The zero-order chi connectivity index (χ0) is 13.0. The largest absolute Gasteiger partial charge is 0.0984 e. The maximum atomic E-state index is 3.90. The molecule has 0 heterocycles. The Hall–Kier alpha value is -1.56. The molecule has 0 unspecified atom stereocenters. The standard InChI is InChI=1S/C15H16.C2H6/c1-5-13-10(2)11(3)14-8-6-7-9-15(14)12(13)4;1-2/h5-9H,1H2,2-4H3;1-2H3. The molecule has 90 valence electrons. The average Bonchev–Trinajstić information content (AvgIpc) is 2.39. The molecule has 2 aromatic carbocycles. The molecule has 0 aromatic heterocycles. The van der Waals surface area contributed by atoms with Gasteiger partial charge in [0.1, 0.15) is 0 Å². The minimum Gasteiger partial charge on any atom is -0.0984 e. The van der Waals surface area contributed by atoms with E-state index in [0.29, 0.717) is 0 Å². The van der Waals surface area contributed by atoms with Gasteiger partial charge in [-0.05, 0) is 53.8 Å². The summed E-state index contributed by atoms with van der Waals surface area (Å²) < 4.78 is 0. The van der Waals surface area contributed by atoms with Gasteiger partial charge in [0, 0.05) is 0 Å². The smallest absolute Gasteiger partial charge is 0.0146 e. The molecular formula is C17H22. The second kappa shape index (κ2) is 5.67. The van der Waals surface area contributed by atoms with E-state index < -0.39 is 0 Å². The molecule has 0 spiro atoms. The molecule has 0 N–H and O–H groups in total. The molecule has 0 amide bonds. The third-order valence-electron chi connectivity index (χ3n) is 3.31. The van der Waals surface area contributed by atoms with Gasteiger partial charge < -0.3 is 0 Å². The van der Waals surface area contributed by atoms with Crippen LogP contribution in [-0.4, -0.2) is 0 Å². The van der Waals surface area contributed by atoms with E-state index in [4.69, 9.17) is 0 Å². The molecule has 0 fully saturated rings. The molecule has 2 rings (SSSR count). The minimum absolute atomic E-state index is 1.28. The van der Waals surface area contributed by atoms with Gasteiger partial charge in [0.05, 0.1) is 0 Å². The molecule has 0 aliphatic rings. The van der Waals surface area contributed by atoms with Crippen molar-refractivity contribution in [3.8, 4) is 0 Å². The molecule has 0 bridgehead atoms. The molecule has 17 heavy (non-hydrogen) atoms. The van der Waals surface area contributed by atoms with Crippen molar-refractivity contribution in [2.24, 2.45) is 0 Å². The Morgan fingerprint density at radius 1 is 0.824 bits per heavy atom. The van der Waals surface area contributed by atoms with Crippen molar-refractivity contribution in [3.63, 3.8) is 0 Å². The maximum Gasteiger partial charge on any atom is -0.0146 e. The van der Waals surface area contributed by atoms with Crippen LogP contribution >= 0.6 is 0 Å². The minimum atomic E-state index is 1.28. The molecule has 0 aliphatic heterocycles. The quantitative estimate of drug-likeness (QED) is 0.608. The Morgan fingerprint density at radius 2 is 1.29 bits per heavy atom. The van der Waals surface area contributed by atoms with Crippen molar-refractivity contribution >= 4 is 16.8 Å². The second-order valence-electron chi connectivity index (χ2n) is 4.04. The Balaban J connectivity index is 0.000000686. The van der Waals surface area contributed by atoms with Crippen molar-refractivity contribution in [2.75, 3.05) is 0 Å². The Bertz CT molecular complexity index is 533. The molecule has 0 aliphatic carbocycles. The lowest BCUT2D eigenvalue weighted by Gasteiger charge is -2.13. The summed E-state index contributed by atoms with van der Waals surface area (Å²) >= 11 is 0. The van der Waals surface area contributed by atoms with E-state index in [1.807, 2.05) is 19.9 Å². The van der Waals surface area contributed by atoms with Crippen LogP contribution in [0.1, 0.15) is 36.1 Å². The molecule has 0 saturated heterocycles. The van der Waals surface area contributed by atoms with Crippen molar-refractivity contribution in [2.45, 2.75) is 34.6 Å². The van der Waals surface area contributed by atoms with E-state index in [1.165, 1.54) is 33.0 Å². The fraction of sp³-hybridized carbons (Fsp3) is 0.294. The summed E-state index contributed by atoms with van der Waals surface area (Å²) in [6.45, 7) is 14.4. The fourth-order valence-electron chi connectivity index (χ4n) is 2.27. The monoisotopic (exact) mass is 226 g/mol. The fourth-order valence-corrected chi connectivity index (χ4v) is 2.27. The van der Waals surface area contributed by atoms with Crippen molar-refractivity contribution in [3.05, 3.63) is 53.1 Å². The van der Waals surface area contributed by atoms with Crippen LogP contribution in [0.15, 0.2) is 30.8 Å². The van der Waals surface area contributed by atoms with E-state index in [1.54, 1.807) is 0 Å². The highest BCUT2D eigenvalue weighted by molar-refractivity contribution is 5.92. The lowest BCUT2D eigenvalue weighted by atomic mass is 9.91. The zero-order valence-electron chi connectivity index (χ0n) is 11.6. The summed E-state index contributed by atoms with van der Waals surface area (Å²) in [6, 6.07) is 8.57. The van der Waals surface area contributed by atoms with E-state index in [0.717, 1.165) is 0 Å². The average molecular weight is 226 g/mol. The molecule has 2 aromatic rings. The number of benzene rings is 2. The zero-order valence-corrected chi connectivity index (χ0v) is 11.6. The van der Waals surface area contributed by atoms with E-state index in [-0.39, 0.29) is 0 Å². The maximum absolute atomic E-state index is 3.90. The van der Waals surface area contributed by atoms with Gasteiger partial charge in [-0.3, -0.25) is 0 Å². The van der Waals surface area contributed by atoms with Gasteiger partial charge >= 0.3 is 0 Å². The summed E-state index contributed by atoms with van der Waals surface area (Å²) in [6.07, 6.45) is 1.96. The summed E-state index contributed by atoms with van der Waals surface area (Å²) in [7, 11) is 0. The van der Waals surface area contributed by atoms with Gasteiger partial charge in [0.25, 0.3) is 0 Å². The number of fused-ring (bicyclic) bond motifs is 1. The normalized spacial score (nSPS) is 9.71. The summed E-state index contributed by atoms with van der Waals surface area (Å²) in [5, 5.41) is 2.70. The third kappa shape index (κ3) is 2.26. The molecule has 0 atom stereocenters. The van der Waals surface area contributed by atoms with Crippen molar-refractivity contribution < 1.29 is 0 Å². The van der Waals surface area contributed by atoms with Crippen LogP contribution in [0, 0.1) is 20.8 Å². The lowest BCUT2D eigenvalue weighted by molar-refractivity contribution is 1.32. The first-order chi connectivity index (χ1) is 8.16.